The average molecular weight is 262 g/mol. The molecule has 0 saturated carbocycles. The van der Waals surface area contributed by atoms with Gasteiger partial charge >= 0.3 is 18.1 Å². The van der Waals surface area contributed by atoms with Crippen molar-refractivity contribution in [2.45, 2.75) is 45.9 Å². The normalized spacial score (nSPS) is 13.6. The van der Waals surface area contributed by atoms with Crippen LogP contribution in [0, 0.1) is 11.8 Å². The van der Waals surface area contributed by atoms with Crippen LogP contribution in [0.1, 0.15) is 27.7 Å². The molecule has 0 rings (SSSR count). The molecule has 0 radical (unpaired) electrons. The number of carbonyl (C=O) groups excluding carboxylic acids is 1. The zero-order chi connectivity index (χ0) is 14.0. The first-order chi connectivity index (χ1) is 7.41. The molecule has 0 atom stereocenters. The fourth-order valence-corrected chi connectivity index (χ4v) is 1.36. The molecule has 0 aliphatic carbocycles. The summed E-state index contributed by atoms with van der Waals surface area (Å²) < 4.78 is 65.1. The molecule has 0 bridgehead atoms. The SMILES string of the molecule is CC(C)C(OC(=O)C(F)(F)C(F)(F)F)C(C)C. The van der Waals surface area contributed by atoms with E-state index in [1.54, 1.807) is 27.7 Å². The fraction of sp³-hybridized carbons (Fsp3) is 0.900. The Hall–Kier alpha value is -0.880. The third-order valence-electron chi connectivity index (χ3n) is 2.17. The van der Waals surface area contributed by atoms with Gasteiger partial charge in [-0.25, -0.2) is 4.79 Å². The maximum absolute atomic E-state index is 12.6. The van der Waals surface area contributed by atoms with Crippen LogP contribution in [0.15, 0.2) is 0 Å². The van der Waals surface area contributed by atoms with Crippen molar-refractivity contribution in [2.75, 3.05) is 0 Å². The maximum atomic E-state index is 12.6. The number of alkyl halides is 5. The third-order valence-corrected chi connectivity index (χ3v) is 2.17. The van der Waals surface area contributed by atoms with Gasteiger partial charge in [0.25, 0.3) is 0 Å². The van der Waals surface area contributed by atoms with Gasteiger partial charge in [-0.2, -0.15) is 22.0 Å². The van der Waals surface area contributed by atoms with Crippen LogP contribution >= 0.6 is 0 Å². The molecule has 2 nitrogen and oxygen atoms in total. The lowest BCUT2D eigenvalue weighted by atomic mass is 9.96. The van der Waals surface area contributed by atoms with Crippen molar-refractivity contribution in [3.63, 3.8) is 0 Å². The molecule has 17 heavy (non-hydrogen) atoms. The Morgan fingerprint density at radius 1 is 0.941 bits per heavy atom. The lowest BCUT2D eigenvalue weighted by Gasteiger charge is -2.27. The highest BCUT2D eigenvalue weighted by atomic mass is 19.4. The van der Waals surface area contributed by atoms with Crippen molar-refractivity contribution in [2.24, 2.45) is 11.8 Å². The Balaban J connectivity index is 4.85. The van der Waals surface area contributed by atoms with Gasteiger partial charge in [0.1, 0.15) is 6.10 Å². The Bertz CT molecular complexity index is 262. The van der Waals surface area contributed by atoms with Gasteiger partial charge in [0.2, 0.25) is 0 Å². The van der Waals surface area contributed by atoms with Crippen LogP contribution in [0.25, 0.3) is 0 Å². The molecule has 0 heterocycles. The van der Waals surface area contributed by atoms with Gasteiger partial charge in [0, 0.05) is 0 Å². The van der Waals surface area contributed by atoms with E-state index in [0.717, 1.165) is 0 Å². The van der Waals surface area contributed by atoms with E-state index in [-0.39, 0.29) is 11.8 Å². The van der Waals surface area contributed by atoms with Crippen molar-refractivity contribution in [3.05, 3.63) is 0 Å². The highest BCUT2D eigenvalue weighted by molar-refractivity contribution is 5.78. The Kier molecular flexibility index (Phi) is 4.91. The molecular weight excluding hydrogens is 247 g/mol. The third kappa shape index (κ3) is 3.81. The van der Waals surface area contributed by atoms with Gasteiger partial charge in [0.05, 0.1) is 0 Å². The molecule has 0 aromatic carbocycles. The van der Waals surface area contributed by atoms with Crippen LogP contribution in [0.2, 0.25) is 0 Å². The Labute approximate surface area is 96.1 Å². The van der Waals surface area contributed by atoms with Crippen LogP contribution < -0.4 is 0 Å². The van der Waals surface area contributed by atoms with Gasteiger partial charge in [-0.3, -0.25) is 0 Å². The summed E-state index contributed by atoms with van der Waals surface area (Å²) in [6.07, 6.45) is -6.90. The summed E-state index contributed by atoms with van der Waals surface area (Å²) in [7, 11) is 0. The second kappa shape index (κ2) is 5.18. The predicted octanol–water partition coefficient (Wildman–Crippen LogP) is 3.41. The smallest absolute Gasteiger partial charge is 0.457 e. The van der Waals surface area contributed by atoms with E-state index < -0.39 is 24.2 Å². The molecule has 102 valence electrons. The minimum absolute atomic E-state index is 0.344. The number of rotatable bonds is 4. The second-order valence-corrected chi connectivity index (χ2v) is 4.43. The average Bonchev–Trinajstić information content (AvgIpc) is 2.10. The Morgan fingerprint density at radius 2 is 1.29 bits per heavy atom. The summed E-state index contributed by atoms with van der Waals surface area (Å²) in [6, 6.07) is 0. The van der Waals surface area contributed by atoms with Crippen LogP contribution in [0.5, 0.6) is 0 Å². The maximum Gasteiger partial charge on any atom is 0.465 e. The molecule has 0 amide bonds. The summed E-state index contributed by atoms with van der Waals surface area (Å²) in [5.74, 6) is -8.70. The predicted molar refractivity (Wildman–Crippen MR) is 50.6 cm³/mol. The van der Waals surface area contributed by atoms with Gasteiger partial charge in [0.15, 0.2) is 0 Å². The molecule has 7 heteroatoms. The van der Waals surface area contributed by atoms with E-state index in [1.807, 2.05) is 0 Å². The first-order valence-electron chi connectivity index (χ1n) is 5.06. The lowest BCUT2D eigenvalue weighted by molar-refractivity contribution is -0.283. The summed E-state index contributed by atoms with van der Waals surface area (Å²) in [4.78, 5) is 10.8. The molecular formula is C10H15F5O2. The number of ether oxygens (including phenoxy) is 1. The van der Waals surface area contributed by atoms with Crippen molar-refractivity contribution in [1.29, 1.82) is 0 Å². The minimum Gasteiger partial charge on any atom is -0.457 e. The topological polar surface area (TPSA) is 26.3 Å². The van der Waals surface area contributed by atoms with Crippen LogP contribution in [0.3, 0.4) is 0 Å². The standard InChI is InChI=1S/C10H15F5O2/c1-5(2)7(6(3)4)17-8(16)9(11,12)10(13,14)15/h5-7H,1-4H3. The van der Waals surface area contributed by atoms with Gasteiger partial charge in [-0.1, -0.05) is 27.7 Å². The van der Waals surface area contributed by atoms with E-state index >= 15 is 0 Å². The molecule has 0 saturated heterocycles. The van der Waals surface area contributed by atoms with E-state index in [4.69, 9.17) is 0 Å². The van der Waals surface area contributed by atoms with Crippen molar-refractivity contribution in [1.82, 2.24) is 0 Å². The summed E-state index contributed by atoms with van der Waals surface area (Å²) >= 11 is 0. The lowest BCUT2D eigenvalue weighted by Crippen LogP contribution is -2.47. The minimum atomic E-state index is -5.93. The molecule has 0 unspecified atom stereocenters. The van der Waals surface area contributed by atoms with Crippen molar-refractivity contribution < 1.29 is 31.5 Å². The number of hydrogen-bond acceptors (Lipinski definition) is 2. The van der Waals surface area contributed by atoms with Gasteiger partial charge in [-0.15, -0.1) is 0 Å². The first kappa shape index (κ1) is 16.1. The zero-order valence-corrected chi connectivity index (χ0v) is 9.94. The molecule has 0 fully saturated rings. The molecule has 0 aromatic rings. The zero-order valence-electron chi connectivity index (χ0n) is 9.94. The quantitative estimate of drug-likeness (QED) is 0.573. The van der Waals surface area contributed by atoms with Crippen LogP contribution in [-0.2, 0) is 9.53 Å². The number of hydrogen-bond donors (Lipinski definition) is 0. The first-order valence-corrected chi connectivity index (χ1v) is 5.06. The highest BCUT2D eigenvalue weighted by Crippen LogP contribution is 2.37. The molecule has 0 N–H and O–H groups in total. The van der Waals surface area contributed by atoms with Gasteiger partial charge < -0.3 is 4.74 Å². The van der Waals surface area contributed by atoms with Crippen molar-refractivity contribution in [3.8, 4) is 0 Å². The van der Waals surface area contributed by atoms with E-state index in [2.05, 4.69) is 4.74 Å². The van der Waals surface area contributed by atoms with Crippen LogP contribution in [0.4, 0.5) is 22.0 Å². The van der Waals surface area contributed by atoms with Crippen LogP contribution in [-0.4, -0.2) is 24.2 Å². The largest absolute Gasteiger partial charge is 0.465 e. The number of halogens is 5. The van der Waals surface area contributed by atoms with Gasteiger partial charge in [-0.05, 0) is 11.8 Å². The second-order valence-electron chi connectivity index (χ2n) is 4.43. The van der Waals surface area contributed by atoms with Crippen molar-refractivity contribution >= 4 is 5.97 Å². The molecule has 0 aliphatic rings. The highest BCUT2D eigenvalue weighted by Gasteiger charge is 2.65. The Morgan fingerprint density at radius 3 is 1.53 bits per heavy atom. The summed E-state index contributed by atoms with van der Waals surface area (Å²) in [5, 5.41) is 0. The van der Waals surface area contributed by atoms with E-state index in [1.165, 1.54) is 0 Å². The van der Waals surface area contributed by atoms with E-state index in [0.29, 0.717) is 0 Å². The van der Waals surface area contributed by atoms with E-state index in [9.17, 15) is 26.7 Å². The molecule has 0 aromatic heterocycles. The number of esters is 1. The molecule has 0 aliphatic heterocycles. The fourth-order valence-electron chi connectivity index (χ4n) is 1.36. The monoisotopic (exact) mass is 262 g/mol. The molecule has 0 spiro atoms. The number of carbonyl (C=O) groups is 1. The summed E-state index contributed by atoms with van der Waals surface area (Å²) in [5.41, 5.74) is 0. The summed E-state index contributed by atoms with van der Waals surface area (Å²) in [6.45, 7) is 6.29.